The SMILES string of the molecule is C[C@@H]1CNCCc2cc(C3CCC(=O)NC3=O)ccc21. The summed E-state index contributed by atoms with van der Waals surface area (Å²) in [4.78, 5) is 23.2. The molecule has 4 nitrogen and oxygen atoms in total. The summed E-state index contributed by atoms with van der Waals surface area (Å²) in [5, 5.41) is 5.87. The lowest BCUT2D eigenvalue weighted by molar-refractivity contribution is -0.134. The predicted octanol–water partition coefficient (Wildman–Crippen LogP) is 1.46. The number of amides is 2. The summed E-state index contributed by atoms with van der Waals surface area (Å²) in [6.45, 7) is 4.21. The molecule has 3 rings (SSSR count). The van der Waals surface area contributed by atoms with Crippen LogP contribution in [0, 0.1) is 0 Å². The van der Waals surface area contributed by atoms with E-state index in [0.717, 1.165) is 25.1 Å². The maximum absolute atomic E-state index is 12.0. The van der Waals surface area contributed by atoms with Crippen LogP contribution in [-0.4, -0.2) is 24.9 Å². The van der Waals surface area contributed by atoms with Gasteiger partial charge in [-0.05, 0) is 42.0 Å². The lowest BCUT2D eigenvalue weighted by Crippen LogP contribution is -2.39. The summed E-state index contributed by atoms with van der Waals surface area (Å²) in [7, 11) is 0. The maximum atomic E-state index is 12.0. The summed E-state index contributed by atoms with van der Waals surface area (Å²) in [6, 6.07) is 6.38. The zero-order chi connectivity index (χ0) is 14.1. The van der Waals surface area contributed by atoms with Crippen LogP contribution in [0.2, 0.25) is 0 Å². The Morgan fingerprint density at radius 3 is 2.85 bits per heavy atom. The van der Waals surface area contributed by atoms with Gasteiger partial charge in [-0.3, -0.25) is 14.9 Å². The Hall–Kier alpha value is -1.68. The van der Waals surface area contributed by atoms with E-state index in [1.807, 2.05) is 0 Å². The van der Waals surface area contributed by atoms with Crippen molar-refractivity contribution >= 4 is 11.8 Å². The molecule has 2 amide bonds. The normalized spacial score (nSPS) is 26.6. The Bertz CT molecular complexity index is 553. The van der Waals surface area contributed by atoms with E-state index in [4.69, 9.17) is 0 Å². The van der Waals surface area contributed by atoms with Gasteiger partial charge in [0.05, 0.1) is 5.92 Å². The largest absolute Gasteiger partial charge is 0.316 e. The molecule has 0 radical (unpaired) electrons. The van der Waals surface area contributed by atoms with Crippen LogP contribution in [0.3, 0.4) is 0 Å². The number of hydrogen-bond acceptors (Lipinski definition) is 3. The van der Waals surface area contributed by atoms with Gasteiger partial charge >= 0.3 is 0 Å². The Labute approximate surface area is 118 Å². The number of piperidine rings is 1. The minimum absolute atomic E-state index is 0.152. The van der Waals surface area contributed by atoms with Crippen molar-refractivity contribution in [3.8, 4) is 0 Å². The molecule has 20 heavy (non-hydrogen) atoms. The fourth-order valence-electron chi connectivity index (χ4n) is 3.20. The van der Waals surface area contributed by atoms with Gasteiger partial charge in [-0.25, -0.2) is 0 Å². The first-order chi connectivity index (χ1) is 9.65. The van der Waals surface area contributed by atoms with E-state index in [0.29, 0.717) is 18.8 Å². The molecule has 0 spiro atoms. The van der Waals surface area contributed by atoms with Crippen LogP contribution in [0.25, 0.3) is 0 Å². The predicted molar refractivity (Wildman–Crippen MR) is 76.6 cm³/mol. The third-order valence-electron chi connectivity index (χ3n) is 4.36. The van der Waals surface area contributed by atoms with Gasteiger partial charge in [-0.1, -0.05) is 25.1 Å². The quantitative estimate of drug-likeness (QED) is 0.761. The molecule has 2 aliphatic rings. The van der Waals surface area contributed by atoms with Crippen LogP contribution in [0.1, 0.15) is 48.3 Å². The van der Waals surface area contributed by atoms with E-state index < -0.39 is 0 Å². The second-order valence-corrected chi connectivity index (χ2v) is 5.82. The highest BCUT2D eigenvalue weighted by Crippen LogP contribution is 2.29. The number of fused-ring (bicyclic) bond motifs is 1. The van der Waals surface area contributed by atoms with E-state index in [9.17, 15) is 9.59 Å². The van der Waals surface area contributed by atoms with Crippen molar-refractivity contribution in [2.24, 2.45) is 0 Å². The van der Waals surface area contributed by atoms with E-state index >= 15 is 0 Å². The van der Waals surface area contributed by atoms with Crippen molar-refractivity contribution in [2.75, 3.05) is 13.1 Å². The van der Waals surface area contributed by atoms with Crippen LogP contribution in [0.15, 0.2) is 18.2 Å². The van der Waals surface area contributed by atoms with Crippen LogP contribution in [0.4, 0.5) is 0 Å². The zero-order valence-electron chi connectivity index (χ0n) is 11.7. The van der Waals surface area contributed by atoms with Gasteiger partial charge in [-0.15, -0.1) is 0 Å². The Balaban J connectivity index is 1.90. The Morgan fingerprint density at radius 2 is 2.05 bits per heavy atom. The van der Waals surface area contributed by atoms with Crippen molar-refractivity contribution in [3.63, 3.8) is 0 Å². The summed E-state index contributed by atoms with van der Waals surface area (Å²) < 4.78 is 0. The van der Waals surface area contributed by atoms with Crippen LogP contribution < -0.4 is 10.6 Å². The Morgan fingerprint density at radius 1 is 1.20 bits per heavy atom. The lowest BCUT2D eigenvalue weighted by atomic mass is 9.86. The molecule has 2 aliphatic heterocycles. The summed E-state index contributed by atoms with van der Waals surface area (Å²) in [5.41, 5.74) is 3.76. The maximum Gasteiger partial charge on any atom is 0.234 e. The highest BCUT2D eigenvalue weighted by Gasteiger charge is 2.28. The van der Waals surface area contributed by atoms with E-state index in [1.165, 1.54) is 11.1 Å². The Kier molecular flexibility index (Phi) is 3.57. The molecule has 0 aromatic heterocycles. The highest BCUT2D eigenvalue weighted by atomic mass is 16.2. The van der Waals surface area contributed by atoms with Gasteiger partial charge in [0.2, 0.25) is 11.8 Å². The number of carbonyl (C=O) groups is 2. The number of imide groups is 1. The highest BCUT2D eigenvalue weighted by molar-refractivity contribution is 6.00. The van der Waals surface area contributed by atoms with Crippen molar-refractivity contribution < 1.29 is 9.59 Å². The molecular weight excluding hydrogens is 252 g/mol. The van der Waals surface area contributed by atoms with Crippen molar-refractivity contribution in [1.82, 2.24) is 10.6 Å². The van der Waals surface area contributed by atoms with Crippen molar-refractivity contribution in [2.45, 2.75) is 38.0 Å². The topological polar surface area (TPSA) is 58.2 Å². The second-order valence-electron chi connectivity index (χ2n) is 5.82. The third kappa shape index (κ3) is 2.48. The fraction of sp³-hybridized carbons (Fsp3) is 0.500. The van der Waals surface area contributed by atoms with Crippen LogP contribution in [-0.2, 0) is 16.0 Å². The monoisotopic (exact) mass is 272 g/mol. The minimum Gasteiger partial charge on any atom is -0.316 e. The molecule has 2 heterocycles. The molecule has 1 aromatic rings. The van der Waals surface area contributed by atoms with E-state index in [-0.39, 0.29) is 17.7 Å². The number of rotatable bonds is 1. The van der Waals surface area contributed by atoms with Gasteiger partial charge in [0.1, 0.15) is 0 Å². The molecule has 0 aliphatic carbocycles. The van der Waals surface area contributed by atoms with Crippen LogP contribution >= 0.6 is 0 Å². The average Bonchev–Trinajstić information content (AvgIpc) is 2.60. The van der Waals surface area contributed by atoms with E-state index in [2.05, 4.69) is 35.8 Å². The summed E-state index contributed by atoms with van der Waals surface area (Å²) in [5.74, 6) is 0.0210. The summed E-state index contributed by atoms with van der Waals surface area (Å²) >= 11 is 0. The zero-order valence-corrected chi connectivity index (χ0v) is 11.7. The molecule has 1 saturated heterocycles. The third-order valence-corrected chi connectivity index (χ3v) is 4.36. The number of benzene rings is 1. The van der Waals surface area contributed by atoms with Gasteiger partial charge in [0.25, 0.3) is 0 Å². The first-order valence-electron chi connectivity index (χ1n) is 7.32. The molecule has 0 bridgehead atoms. The van der Waals surface area contributed by atoms with E-state index in [1.54, 1.807) is 0 Å². The summed E-state index contributed by atoms with van der Waals surface area (Å²) in [6.07, 6.45) is 2.06. The molecule has 1 aromatic carbocycles. The van der Waals surface area contributed by atoms with Gasteiger partial charge < -0.3 is 5.32 Å². The molecule has 1 fully saturated rings. The van der Waals surface area contributed by atoms with Gasteiger partial charge in [0.15, 0.2) is 0 Å². The second kappa shape index (κ2) is 5.37. The minimum atomic E-state index is -0.176. The number of nitrogens with one attached hydrogen (secondary N) is 2. The number of carbonyl (C=O) groups excluding carboxylic acids is 2. The first-order valence-corrected chi connectivity index (χ1v) is 7.32. The fourth-order valence-corrected chi connectivity index (χ4v) is 3.20. The molecule has 2 N–H and O–H groups in total. The average molecular weight is 272 g/mol. The van der Waals surface area contributed by atoms with Crippen molar-refractivity contribution in [1.29, 1.82) is 0 Å². The molecule has 106 valence electrons. The molecule has 1 unspecified atom stereocenters. The van der Waals surface area contributed by atoms with Gasteiger partial charge in [-0.2, -0.15) is 0 Å². The lowest BCUT2D eigenvalue weighted by Gasteiger charge is -2.22. The smallest absolute Gasteiger partial charge is 0.234 e. The molecular formula is C16H20N2O2. The van der Waals surface area contributed by atoms with Crippen LogP contribution in [0.5, 0.6) is 0 Å². The molecule has 4 heteroatoms. The standard InChI is InChI=1S/C16H20N2O2/c1-10-9-17-7-6-12-8-11(2-3-13(10)12)14-4-5-15(19)18-16(14)20/h2-3,8,10,14,17H,4-7,9H2,1H3,(H,18,19,20)/t10-,14?/m1/s1. The number of hydrogen-bond donors (Lipinski definition) is 2. The molecule has 2 atom stereocenters. The molecule has 0 saturated carbocycles. The van der Waals surface area contributed by atoms with Gasteiger partial charge in [0, 0.05) is 13.0 Å². The van der Waals surface area contributed by atoms with Crippen molar-refractivity contribution in [3.05, 3.63) is 34.9 Å². The first kappa shape index (κ1) is 13.3.